The van der Waals surface area contributed by atoms with Crippen molar-refractivity contribution >= 4 is 12.1 Å². The molecule has 1 N–H and O–H groups in total. The van der Waals surface area contributed by atoms with Crippen LogP contribution in [-0.4, -0.2) is 24.8 Å². The zero-order valence-electron chi connectivity index (χ0n) is 17.8. The molecule has 0 saturated heterocycles. The van der Waals surface area contributed by atoms with Crippen LogP contribution in [0.1, 0.15) is 74.7 Å². The minimum Gasteiger partial charge on any atom is -0.465 e. The lowest BCUT2D eigenvalue weighted by molar-refractivity contribution is -0.0955. The van der Waals surface area contributed by atoms with Gasteiger partial charge in [-0.1, -0.05) is 12.1 Å². The number of ether oxygens (including phenoxy) is 2. The van der Waals surface area contributed by atoms with E-state index >= 15 is 0 Å². The highest BCUT2D eigenvalue weighted by molar-refractivity contribution is 5.89. The lowest BCUT2D eigenvalue weighted by Gasteiger charge is -2.58. The van der Waals surface area contributed by atoms with Gasteiger partial charge in [-0.3, -0.25) is 0 Å². The monoisotopic (exact) mass is 399 g/mol. The van der Waals surface area contributed by atoms with Crippen LogP contribution in [0.5, 0.6) is 0 Å². The Morgan fingerprint density at radius 2 is 1.59 bits per heavy atom. The fourth-order valence-corrected chi connectivity index (χ4v) is 6.78. The Morgan fingerprint density at radius 3 is 2.10 bits per heavy atom. The lowest BCUT2D eigenvalue weighted by Crippen LogP contribution is -2.49. The molecule has 4 bridgehead atoms. The number of rotatable bonds is 6. The molecule has 0 atom stereocenters. The molecule has 1 amide bonds. The predicted molar refractivity (Wildman–Crippen MR) is 110 cm³/mol. The first-order valence-electron chi connectivity index (χ1n) is 10.9. The number of hydrogen-bond acceptors (Lipinski definition) is 4. The Hall–Kier alpha value is -2.04. The van der Waals surface area contributed by atoms with Gasteiger partial charge in [0, 0.05) is 6.54 Å². The van der Waals surface area contributed by atoms with E-state index in [1.165, 1.54) is 45.6 Å². The van der Waals surface area contributed by atoms with Gasteiger partial charge < -0.3 is 14.8 Å². The molecule has 4 aliphatic carbocycles. The van der Waals surface area contributed by atoms with Crippen LogP contribution < -0.4 is 5.32 Å². The zero-order chi connectivity index (χ0) is 20.6. The summed E-state index contributed by atoms with van der Waals surface area (Å²) in [5, 5.41) is 2.85. The third-order valence-electron chi connectivity index (χ3n) is 7.15. The topological polar surface area (TPSA) is 64.6 Å². The summed E-state index contributed by atoms with van der Waals surface area (Å²) in [5.74, 6) is 2.34. The van der Waals surface area contributed by atoms with E-state index in [0.717, 1.165) is 29.7 Å². The van der Waals surface area contributed by atoms with Crippen molar-refractivity contribution in [3.8, 4) is 0 Å². The summed E-state index contributed by atoms with van der Waals surface area (Å²) in [4.78, 5) is 23.9. The van der Waals surface area contributed by atoms with E-state index in [1.54, 1.807) is 12.1 Å². The highest BCUT2D eigenvalue weighted by Gasteiger charge is 2.52. The van der Waals surface area contributed by atoms with Crippen molar-refractivity contribution in [2.75, 3.05) is 7.11 Å². The van der Waals surface area contributed by atoms with Crippen molar-refractivity contribution in [1.29, 1.82) is 0 Å². The van der Waals surface area contributed by atoms with Crippen molar-refractivity contribution in [1.82, 2.24) is 5.32 Å². The van der Waals surface area contributed by atoms with Crippen molar-refractivity contribution < 1.29 is 19.1 Å². The third-order valence-corrected chi connectivity index (χ3v) is 7.15. The predicted octanol–water partition coefficient (Wildman–Crippen LogP) is 5.08. The van der Waals surface area contributed by atoms with Crippen LogP contribution in [0.4, 0.5) is 4.79 Å². The average molecular weight is 400 g/mol. The molecule has 5 rings (SSSR count). The first-order chi connectivity index (χ1) is 13.8. The van der Waals surface area contributed by atoms with Gasteiger partial charge in [-0.15, -0.1) is 0 Å². The Morgan fingerprint density at radius 1 is 1.03 bits per heavy atom. The maximum atomic E-state index is 12.4. The van der Waals surface area contributed by atoms with Gasteiger partial charge in [0.2, 0.25) is 0 Å². The molecule has 4 saturated carbocycles. The molecule has 4 fully saturated rings. The maximum absolute atomic E-state index is 12.4. The van der Waals surface area contributed by atoms with Gasteiger partial charge in [0.15, 0.2) is 0 Å². The van der Waals surface area contributed by atoms with E-state index in [-0.39, 0.29) is 12.1 Å². The SMILES string of the molecule is COC(=O)c1ccc(CNC(=O)OC(C)(C)CC23CC4CC(CC(C4)C2)C3)cc1. The van der Waals surface area contributed by atoms with Crippen LogP contribution in [0.15, 0.2) is 24.3 Å². The van der Waals surface area contributed by atoms with E-state index in [9.17, 15) is 9.59 Å². The summed E-state index contributed by atoms with van der Waals surface area (Å²) in [5.41, 5.74) is 1.32. The highest BCUT2D eigenvalue weighted by Crippen LogP contribution is 2.62. The number of esters is 1. The quantitative estimate of drug-likeness (QED) is 0.677. The number of hydrogen-bond donors (Lipinski definition) is 1. The van der Waals surface area contributed by atoms with Crippen LogP contribution in [0.3, 0.4) is 0 Å². The molecule has 1 aromatic rings. The number of amides is 1. The number of nitrogens with one attached hydrogen (secondary N) is 1. The molecule has 158 valence electrons. The second-order valence-corrected chi connectivity index (χ2v) is 10.3. The first-order valence-corrected chi connectivity index (χ1v) is 10.9. The second-order valence-electron chi connectivity index (χ2n) is 10.3. The Balaban J connectivity index is 1.29. The Bertz CT molecular complexity index is 732. The zero-order valence-corrected chi connectivity index (χ0v) is 17.8. The molecular weight excluding hydrogens is 366 g/mol. The molecule has 0 radical (unpaired) electrons. The smallest absolute Gasteiger partial charge is 0.407 e. The molecule has 0 spiro atoms. The lowest BCUT2D eigenvalue weighted by atomic mass is 9.48. The molecule has 0 aliphatic heterocycles. The summed E-state index contributed by atoms with van der Waals surface area (Å²) in [6.45, 7) is 4.47. The van der Waals surface area contributed by atoms with E-state index < -0.39 is 5.60 Å². The van der Waals surface area contributed by atoms with Gasteiger partial charge in [0.25, 0.3) is 0 Å². The number of carbonyl (C=O) groups is 2. The summed E-state index contributed by atoms with van der Waals surface area (Å²) < 4.78 is 10.6. The van der Waals surface area contributed by atoms with Gasteiger partial charge >= 0.3 is 12.1 Å². The van der Waals surface area contributed by atoms with Crippen LogP contribution in [-0.2, 0) is 16.0 Å². The Kier molecular flexibility index (Phi) is 5.34. The van der Waals surface area contributed by atoms with Gasteiger partial charge in [-0.05, 0) is 99.7 Å². The van der Waals surface area contributed by atoms with Crippen molar-refractivity contribution in [3.63, 3.8) is 0 Å². The minimum atomic E-state index is -0.468. The number of methoxy groups -OCH3 is 1. The molecule has 0 unspecified atom stereocenters. The fraction of sp³-hybridized carbons (Fsp3) is 0.667. The van der Waals surface area contributed by atoms with Crippen LogP contribution in [0.25, 0.3) is 0 Å². The van der Waals surface area contributed by atoms with E-state index in [2.05, 4.69) is 19.2 Å². The third kappa shape index (κ3) is 4.59. The van der Waals surface area contributed by atoms with Crippen molar-refractivity contribution in [3.05, 3.63) is 35.4 Å². The average Bonchev–Trinajstić information content (AvgIpc) is 2.63. The second kappa shape index (κ2) is 7.66. The fourth-order valence-electron chi connectivity index (χ4n) is 6.78. The van der Waals surface area contributed by atoms with Crippen LogP contribution in [0.2, 0.25) is 0 Å². The molecular formula is C24H33NO4. The molecule has 5 nitrogen and oxygen atoms in total. The Labute approximate surface area is 173 Å². The van der Waals surface area contributed by atoms with Crippen LogP contribution >= 0.6 is 0 Å². The first kappa shape index (κ1) is 20.2. The molecule has 0 heterocycles. The normalized spacial score (nSPS) is 30.1. The van der Waals surface area contributed by atoms with E-state index in [0.29, 0.717) is 17.5 Å². The van der Waals surface area contributed by atoms with Gasteiger partial charge in [0.1, 0.15) is 5.60 Å². The van der Waals surface area contributed by atoms with Gasteiger partial charge in [-0.2, -0.15) is 0 Å². The van der Waals surface area contributed by atoms with Gasteiger partial charge in [-0.25, -0.2) is 9.59 Å². The summed E-state index contributed by atoms with van der Waals surface area (Å²) in [6.07, 6.45) is 8.82. The summed E-state index contributed by atoms with van der Waals surface area (Å²) >= 11 is 0. The van der Waals surface area contributed by atoms with Crippen molar-refractivity contribution in [2.45, 2.75) is 70.9 Å². The van der Waals surface area contributed by atoms with Gasteiger partial charge in [0.05, 0.1) is 12.7 Å². The molecule has 4 aliphatic rings. The maximum Gasteiger partial charge on any atom is 0.407 e. The highest BCUT2D eigenvalue weighted by atomic mass is 16.6. The van der Waals surface area contributed by atoms with Crippen LogP contribution in [0, 0.1) is 23.2 Å². The number of benzene rings is 1. The molecule has 0 aromatic heterocycles. The summed E-state index contributed by atoms with van der Waals surface area (Å²) in [7, 11) is 1.36. The molecule has 1 aromatic carbocycles. The molecule has 29 heavy (non-hydrogen) atoms. The molecule has 5 heteroatoms. The number of carbonyl (C=O) groups excluding carboxylic acids is 2. The van der Waals surface area contributed by atoms with Crippen molar-refractivity contribution in [2.24, 2.45) is 23.2 Å². The largest absolute Gasteiger partial charge is 0.465 e. The number of alkyl carbamates (subject to hydrolysis) is 1. The van der Waals surface area contributed by atoms with E-state index in [4.69, 9.17) is 9.47 Å². The minimum absolute atomic E-state index is 0.365. The standard InChI is InChI=1S/C24H33NO4/c1-23(2,15-24-11-17-8-18(12-24)10-19(9-17)13-24)29-22(27)25-14-16-4-6-20(7-5-16)21(26)28-3/h4-7,17-19H,8-15H2,1-3H3,(H,25,27). The summed E-state index contributed by atoms with van der Waals surface area (Å²) in [6, 6.07) is 7.02. The van der Waals surface area contributed by atoms with E-state index in [1.807, 2.05) is 12.1 Å².